The van der Waals surface area contributed by atoms with Gasteiger partial charge in [0.25, 0.3) is 0 Å². The summed E-state index contributed by atoms with van der Waals surface area (Å²) in [6.07, 6.45) is 3.80. The van der Waals surface area contributed by atoms with Gasteiger partial charge in [-0.05, 0) is 35.2 Å². The van der Waals surface area contributed by atoms with E-state index in [0.717, 1.165) is 12.8 Å². The molecule has 1 aliphatic heterocycles. The Kier molecular flexibility index (Phi) is 3.25. The molecule has 90 valence electrons. The molecule has 2 heterocycles. The molecule has 0 radical (unpaired) electrons. The second-order valence-electron chi connectivity index (χ2n) is 3.77. The highest BCUT2D eigenvalue weighted by molar-refractivity contribution is 9.10. The Morgan fingerprint density at radius 3 is 2.88 bits per heavy atom. The molecular weight excluding hydrogens is 296 g/mol. The molecule has 1 fully saturated rings. The van der Waals surface area contributed by atoms with Crippen LogP contribution in [0.3, 0.4) is 0 Å². The maximum Gasteiger partial charge on any atom is 0.173 e. The normalized spacial score (nSPS) is 24.2. The van der Waals surface area contributed by atoms with Gasteiger partial charge in [0, 0.05) is 0 Å². The zero-order valence-corrected chi connectivity index (χ0v) is 11.3. The van der Waals surface area contributed by atoms with Gasteiger partial charge in [0.1, 0.15) is 4.60 Å². The monoisotopic (exact) mass is 308 g/mol. The third-order valence-corrected chi connectivity index (χ3v) is 5.62. The van der Waals surface area contributed by atoms with Gasteiger partial charge < -0.3 is 4.74 Å². The van der Waals surface area contributed by atoms with Crippen molar-refractivity contribution in [3.8, 4) is 5.75 Å². The van der Waals surface area contributed by atoms with E-state index in [2.05, 4.69) is 21.0 Å². The molecule has 0 amide bonds. The lowest BCUT2D eigenvalue weighted by Gasteiger charge is -2.23. The van der Waals surface area contributed by atoms with Crippen molar-refractivity contribution >= 4 is 25.8 Å². The zero-order chi connectivity index (χ0) is 11.8. The summed E-state index contributed by atoms with van der Waals surface area (Å²) in [4.78, 5) is 0. The van der Waals surface area contributed by atoms with Gasteiger partial charge in [0.15, 0.2) is 21.0 Å². The number of nitrogens with zero attached hydrogens (tertiary/aromatic N) is 2. The number of ether oxygens (including phenoxy) is 1. The van der Waals surface area contributed by atoms with E-state index >= 15 is 0 Å². The summed E-state index contributed by atoms with van der Waals surface area (Å²) in [6.45, 7) is 0. The third kappa shape index (κ3) is 1.98. The molecule has 1 unspecified atom stereocenters. The number of aromatic nitrogens is 2. The first kappa shape index (κ1) is 11.9. The van der Waals surface area contributed by atoms with Crippen LogP contribution in [0.1, 0.15) is 24.6 Å². The Bertz CT molecular complexity index is 483. The van der Waals surface area contributed by atoms with Crippen molar-refractivity contribution in [2.75, 3.05) is 12.9 Å². The molecule has 1 atom stereocenters. The van der Waals surface area contributed by atoms with Gasteiger partial charge in [0.2, 0.25) is 0 Å². The van der Waals surface area contributed by atoms with Crippen LogP contribution in [0.25, 0.3) is 0 Å². The van der Waals surface area contributed by atoms with Crippen molar-refractivity contribution in [1.29, 1.82) is 0 Å². The Morgan fingerprint density at radius 2 is 2.31 bits per heavy atom. The summed E-state index contributed by atoms with van der Waals surface area (Å²) < 4.78 is 31.0. The van der Waals surface area contributed by atoms with Gasteiger partial charge in [-0.2, -0.15) is 5.10 Å². The topological polar surface area (TPSA) is 61.2 Å². The molecule has 0 saturated carbocycles. The standard InChI is InChI=1S/C9H13BrN2O3S/c1-15-7-6-11-12(9(7)10)8-4-2-3-5-16(8,13)14/h6,8H,2-5H2,1H3. The summed E-state index contributed by atoms with van der Waals surface area (Å²) >= 11 is 3.31. The van der Waals surface area contributed by atoms with Crippen LogP contribution in [-0.2, 0) is 9.84 Å². The van der Waals surface area contributed by atoms with Gasteiger partial charge in [0.05, 0.1) is 19.1 Å². The second kappa shape index (κ2) is 4.37. The molecule has 16 heavy (non-hydrogen) atoms. The highest BCUT2D eigenvalue weighted by Gasteiger charge is 2.32. The van der Waals surface area contributed by atoms with Crippen molar-refractivity contribution in [2.45, 2.75) is 24.6 Å². The van der Waals surface area contributed by atoms with Crippen molar-refractivity contribution in [3.05, 3.63) is 10.8 Å². The largest absolute Gasteiger partial charge is 0.492 e. The van der Waals surface area contributed by atoms with Crippen molar-refractivity contribution in [1.82, 2.24) is 9.78 Å². The zero-order valence-electron chi connectivity index (χ0n) is 8.89. The first-order valence-corrected chi connectivity index (χ1v) is 7.55. The van der Waals surface area contributed by atoms with Crippen LogP contribution in [0.2, 0.25) is 0 Å². The molecule has 1 aromatic rings. The molecule has 7 heteroatoms. The Labute approximate surface area is 103 Å². The predicted molar refractivity (Wildman–Crippen MR) is 63.2 cm³/mol. The molecule has 0 aliphatic carbocycles. The van der Waals surface area contributed by atoms with E-state index in [1.54, 1.807) is 0 Å². The molecule has 0 N–H and O–H groups in total. The fourth-order valence-electron chi connectivity index (χ4n) is 1.88. The van der Waals surface area contributed by atoms with Crippen LogP contribution in [0.15, 0.2) is 10.8 Å². The van der Waals surface area contributed by atoms with Crippen molar-refractivity contribution in [3.63, 3.8) is 0 Å². The Morgan fingerprint density at radius 1 is 1.56 bits per heavy atom. The molecule has 1 aromatic heterocycles. The van der Waals surface area contributed by atoms with Crippen LogP contribution in [0.4, 0.5) is 0 Å². The predicted octanol–water partition coefficient (Wildman–Crippen LogP) is 1.75. The van der Waals surface area contributed by atoms with Crippen LogP contribution >= 0.6 is 15.9 Å². The molecule has 1 saturated heterocycles. The fraction of sp³-hybridized carbons (Fsp3) is 0.667. The van der Waals surface area contributed by atoms with Gasteiger partial charge in [-0.3, -0.25) is 0 Å². The van der Waals surface area contributed by atoms with Gasteiger partial charge >= 0.3 is 0 Å². The molecule has 1 aliphatic rings. The highest BCUT2D eigenvalue weighted by Crippen LogP contribution is 2.34. The van der Waals surface area contributed by atoms with Crippen LogP contribution in [-0.4, -0.2) is 31.1 Å². The fourth-order valence-corrected chi connectivity index (χ4v) is 4.49. The number of hydrogen-bond acceptors (Lipinski definition) is 4. The number of rotatable bonds is 2. The molecule has 5 nitrogen and oxygen atoms in total. The number of sulfone groups is 1. The minimum atomic E-state index is -3.08. The average Bonchev–Trinajstić information content (AvgIpc) is 2.59. The lowest BCUT2D eigenvalue weighted by atomic mass is 10.2. The SMILES string of the molecule is COc1cnn(C2CCCCS2(=O)=O)c1Br. The molecule has 2 rings (SSSR count). The van der Waals surface area contributed by atoms with Crippen LogP contribution < -0.4 is 4.74 Å². The van der Waals surface area contributed by atoms with Crippen molar-refractivity contribution < 1.29 is 13.2 Å². The first-order valence-electron chi connectivity index (χ1n) is 5.05. The number of hydrogen-bond donors (Lipinski definition) is 0. The van der Waals surface area contributed by atoms with Crippen LogP contribution in [0.5, 0.6) is 5.75 Å². The van der Waals surface area contributed by atoms with E-state index in [4.69, 9.17) is 4.74 Å². The summed E-state index contributed by atoms with van der Waals surface area (Å²) in [5, 5.41) is 3.52. The number of methoxy groups -OCH3 is 1. The lowest BCUT2D eigenvalue weighted by molar-refractivity contribution is 0.407. The van der Waals surface area contributed by atoms with Gasteiger partial charge in [-0.1, -0.05) is 0 Å². The Hall–Kier alpha value is -0.560. The molecule has 0 aromatic carbocycles. The van der Waals surface area contributed by atoms with Crippen molar-refractivity contribution in [2.24, 2.45) is 0 Å². The van der Waals surface area contributed by atoms with Crippen LogP contribution in [0, 0.1) is 0 Å². The van der Waals surface area contributed by atoms with E-state index in [1.807, 2.05) is 0 Å². The minimum Gasteiger partial charge on any atom is -0.492 e. The van der Waals surface area contributed by atoms with E-state index in [0.29, 0.717) is 16.8 Å². The summed E-state index contributed by atoms with van der Waals surface area (Å²) in [7, 11) is -1.55. The first-order chi connectivity index (χ1) is 7.56. The second-order valence-corrected chi connectivity index (χ2v) is 6.80. The van der Waals surface area contributed by atoms with E-state index < -0.39 is 15.2 Å². The van der Waals surface area contributed by atoms with E-state index in [1.165, 1.54) is 18.0 Å². The maximum absolute atomic E-state index is 11.9. The molecule has 0 bridgehead atoms. The summed E-state index contributed by atoms with van der Waals surface area (Å²) in [5.41, 5.74) is 0. The van der Waals surface area contributed by atoms with Gasteiger partial charge in [-0.25, -0.2) is 13.1 Å². The lowest BCUT2D eigenvalue weighted by Crippen LogP contribution is -2.27. The third-order valence-electron chi connectivity index (χ3n) is 2.74. The average molecular weight is 309 g/mol. The van der Waals surface area contributed by atoms with E-state index in [-0.39, 0.29) is 5.75 Å². The van der Waals surface area contributed by atoms with Gasteiger partial charge in [-0.15, -0.1) is 0 Å². The van der Waals surface area contributed by atoms with E-state index in [9.17, 15) is 8.42 Å². The summed E-state index contributed by atoms with van der Waals surface area (Å²) in [5.74, 6) is 0.799. The minimum absolute atomic E-state index is 0.242. The molecule has 0 spiro atoms. The smallest absolute Gasteiger partial charge is 0.173 e. The summed E-state index contributed by atoms with van der Waals surface area (Å²) in [6, 6.07) is 0. The quantitative estimate of drug-likeness (QED) is 0.835. The number of halogens is 1. The Balaban J connectivity index is 2.39. The molecular formula is C9H13BrN2O3S. The maximum atomic E-state index is 11.9. The highest BCUT2D eigenvalue weighted by atomic mass is 79.9.